The molecule has 20 heavy (non-hydrogen) atoms. The maximum Gasteiger partial charge on any atom is 0.268 e. The molecule has 100 valence electrons. The van der Waals surface area contributed by atoms with E-state index in [9.17, 15) is 4.79 Å². The minimum atomic E-state index is -0.239. The summed E-state index contributed by atoms with van der Waals surface area (Å²) in [6.07, 6.45) is 3.15. The Kier molecular flexibility index (Phi) is 3.53. The van der Waals surface area contributed by atoms with Crippen LogP contribution in [0.15, 0.2) is 36.7 Å². The van der Waals surface area contributed by atoms with E-state index < -0.39 is 0 Å². The lowest BCUT2D eigenvalue weighted by molar-refractivity contribution is 0.103. The SMILES string of the molecule is Nc1c(C(=O)Nc2ccccc2I)sc2nccnc12. The number of nitrogens with two attached hydrogens (primary N) is 1. The number of nitrogen functional groups attached to an aromatic ring is 1. The molecule has 3 aromatic rings. The molecule has 1 amide bonds. The van der Waals surface area contributed by atoms with E-state index in [0.717, 1.165) is 9.26 Å². The van der Waals surface area contributed by atoms with Gasteiger partial charge in [0.1, 0.15) is 15.2 Å². The van der Waals surface area contributed by atoms with Crippen molar-refractivity contribution >= 4 is 61.6 Å². The molecule has 1 aromatic carbocycles. The summed E-state index contributed by atoms with van der Waals surface area (Å²) < 4.78 is 0.967. The van der Waals surface area contributed by atoms with Crippen LogP contribution in [0.1, 0.15) is 9.67 Å². The molecule has 3 N–H and O–H groups in total. The van der Waals surface area contributed by atoms with Gasteiger partial charge in [-0.3, -0.25) is 4.79 Å². The van der Waals surface area contributed by atoms with Gasteiger partial charge in [0.25, 0.3) is 5.91 Å². The number of para-hydroxylation sites is 1. The van der Waals surface area contributed by atoms with E-state index in [2.05, 4.69) is 37.9 Å². The molecule has 0 aliphatic heterocycles. The van der Waals surface area contributed by atoms with Gasteiger partial charge in [-0.25, -0.2) is 9.97 Å². The Labute approximate surface area is 132 Å². The number of amides is 1. The number of anilines is 2. The third kappa shape index (κ3) is 2.34. The summed E-state index contributed by atoms with van der Waals surface area (Å²) in [5, 5.41) is 2.86. The second-order valence-corrected chi connectivity index (χ2v) is 6.15. The normalized spacial score (nSPS) is 10.7. The average Bonchev–Trinajstić information content (AvgIpc) is 2.79. The Morgan fingerprint density at radius 2 is 2.00 bits per heavy atom. The molecule has 0 fully saturated rings. The van der Waals surface area contributed by atoms with Crippen LogP contribution in [0.5, 0.6) is 0 Å². The van der Waals surface area contributed by atoms with E-state index in [0.29, 0.717) is 20.9 Å². The molecule has 0 bridgehead atoms. The first-order valence-electron chi connectivity index (χ1n) is 5.71. The second-order valence-electron chi connectivity index (χ2n) is 3.99. The molecule has 0 unspecified atom stereocenters. The first kappa shape index (κ1) is 13.3. The Bertz CT molecular complexity index is 802. The Morgan fingerprint density at radius 1 is 1.25 bits per heavy atom. The van der Waals surface area contributed by atoms with Crippen molar-refractivity contribution < 1.29 is 4.79 Å². The van der Waals surface area contributed by atoms with Crippen molar-refractivity contribution in [3.8, 4) is 0 Å². The van der Waals surface area contributed by atoms with E-state index in [1.54, 1.807) is 12.4 Å². The second kappa shape index (κ2) is 5.33. The zero-order chi connectivity index (χ0) is 14.1. The number of nitrogens with one attached hydrogen (secondary N) is 1. The average molecular weight is 396 g/mol. The van der Waals surface area contributed by atoms with Crippen molar-refractivity contribution in [1.29, 1.82) is 0 Å². The molecular weight excluding hydrogens is 387 g/mol. The molecule has 0 saturated carbocycles. The lowest BCUT2D eigenvalue weighted by atomic mass is 10.3. The van der Waals surface area contributed by atoms with Crippen LogP contribution in [0.3, 0.4) is 0 Å². The molecular formula is C13H9IN4OS. The molecule has 0 radical (unpaired) electrons. The maximum absolute atomic E-state index is 12.3. The maximum atomic E-state index is 12.3. The van der Waals surface area contributed by atoms with Gasteiger partial charge in [-0.2, -0.15) is 0 Å². The third-order valence-corrected chi connectivity index (χ3v) is 4.73. The highest BCUT2D eigenvalue weighted by molar-refractivity contribution is 14.1. The topological polar surface area (TPSA) is 80.9 Å². The van der Waals surface area contributed by atoms with Crippen molar-refractivity contribution in [1.82, 2.24) is 9.97 Å². The Hall–Kier alpha value is -1.74. The number of nitrogens with zero attached hydrogens (tertiary/aromatic N) is 2. The smallest absolute Gasteiger partial charge is 0.268 e. The van der Waals surface area contributed by atoms with Crippen LogP contribution in [0.2, 0.25) is 0 Å². The largest absolute Gasteiger partial charge is 0.396 e. The fourth-order valence-electron chi connectivity index (χ4n) is 1.75. The zero-order valence-electron chi connectivity index (χ0n) is 10.1. The predicted molar refractivity (Wildman–Crippen MR) is 88.9 cm³/mol. The van der Waals surface area contributed by atoms with Crippen molar-refractivity contribution in [3.05, 3.63) is 45.1 Å². The van der Waals surface area contributed by atoms with Crippen LogP contribution >= 0.6 is 33.9 Å². The van der Waals surface area contributed by atoms with E-state index in [-0.39, 0.29) is 5.91 Å². The van der Waals surface area contributed by atoms with Gasteiger partial charge in [0.2, 0.25) is 0 Å². The summed E-state index contributed by atoms with van der Waals surface area (Å²) in [4.78, 5) is 21.7. The molecule has 0 aliphatic carbocycles. The molecule has 0 atom stereocenters. The fraction of sp³-hybridized carbons (Fsp3) is 0. The van der Waals surface area contributed by atoms with Crippen molar-refractivity contribution in [2.75, 3.05) is 11.1 Å². The third-order valence-electron chi connectivity index (χ3n) is 2.69. The number of halogens is 1. The molecule has 0 saturated heterocycles. The lowest BCUT2D eigenvalue weighted by Gasteiger charge is -2.06. The van der Waals surface area contributed by atoms with Gasteiger partial charge in [0.05, 0.1) is 11.4 Å². The van der Waals surface area contributed by atoms with Gasteiger partial charge >= 0.3 is 0 Å². The number of carbonyl (C=O) groups excluding carboxylic acids is 1. The number of hydrogen-bond donors (Lipinski definition) is 2. The fourth-order valence-corrected chi connectivity index (χ4v) is 3.19. The van der Waals surface area contributed by atoms with Crippen LogP contribution in [-0.2, 0) is 0 Å². The monoisotopic (exact) mass is 396 g/mol. The van der Waals surface area contributed by atoms with Crippen molar-refractivity contribution in [2.24, 2.45) is 0 Å². The van der Waals surface area contributed by atoms with Crippen molar-refractivity contribution in [3.63, 3.8) is 0 Å². The quantitative estimate of drug-likeness (QED) is 0.653. The van der Waals surface area contributed by atoms with Gasteiger partial charge in [-0.05, 0) is 34.7 Å². The van der Waals surface area contributed by atoms with E-state index in [4.69, 9.17) is 5.73 Å². The minimum absolute atomic E-state index is 0.239. The van der Waals surface area contributed by atoms with Gasteiger partial charge in [-0.1, -0.05) is 12.1 Å². The Morgan fingerprint density at radius 3 is 2.75 bits per heavy atom. The van der Waals surface area contributed by atoms with Gasteiger partial charge in [-0.15, -0.1) is 11.3 Å². The molecule has 0 spiro atoms. The highest BCUT2D eigenvalue weighted by atomic mass is 127. The standard InChI is InChI=1S/C13H9IN4OS/c14-7-3-1-2-4-8(7)18-12(19)11-9(15)10-13(20-11)17-6-5-16-10/h1-6H,15H2,(H,18,19). The first-order chi connectivity index (χ1) is 9.66. The summed E-state index contributed by atoms with van der Waals surface area (Å²) in [5.74, 6) is -0.239. The molecule has 2 aromatic heterocycles. The Balaban J connectivity index is 1.97. The first-order valence-corrected chi connectivity index (χ1v) is 7.61. The number of thiophene rings is 1. The van der Waals surface area contributed by atoms with Crippen LogP contribution in [-0.4, -0.2) is 15.9 Å². The van der Waals surface area contributed by atoms with Crippen LogP contribution in [0.4, 0.5) is 11.4 Å². The number of fused-ring (bicyclic) bond motifs is 1. The highest BCUT2D eigenvalue weighted by Gasteiger charge is 2.18. The summed E-state index contributed by atoms with van der Waals surface area (Å²) in [6.45, 7) is 0. The summed E-state index contributed by atoms with van der Waals surface area (Å²) in [5.41, 5.74) is 7.69. The molecule has 0 aliphatic rings. The van der Waals surface area contributed by atoms with Gasteiger partial charge in [0, 0.05) is 16.0 Å². The number of aromatic nitrogens is 2. The van der Waals surface area contributed by atoms with Gasteiger partial charge < -0.3 is 11.1 Å². The van der Waals surface area contributed by atoms with Crippen LogP contribution < -0.4 is 11.1 Å². The summed E-state index contributed by atoms with van der Waals surface area (Å²) in [6, 6.07) is 7.56. The predicted octanol–water partition coefficient (Wildman–Crippen LogP) is 3.13. The van der Waals surface area contributed by atoms with Crippen molar-refractivity contribution in [2.45, 2.75) is 0 Å². The molecule has 5 nitrogen and oxygen atoms in total. The number of carbonyl (C=O) groups is 1. The summed E-state index contributed by atoms with van der Waals surface area (Å²) >= 11 is 3.41. The van der Waals surface area contributed by atoms with Crippen LogP contribution in [0, 0.1) is 3.57 Å². The zero-order valence-corrected chi connectivity index (χ0v) is 13.1. The number of rotatable bonds is 2. The summed E-state index contributed by atoms with van der Waals surface area (Å²) in [7, 11) is 0. The van der Waals surface area contributed by atoms with Crippen LogP contribution in [0.25, 0.3) is 10.3 Å². The van der Waals surface area contributed by atoms with E-state index in [1.807, 2.05) is 24.3 Å². The molecule has 2 heterocycles. The molecule has 3 rings (SSSR count). The minimum Gasteiger partial charge on any atom is -0.396 e. The number of hydrogen-bond acceptors (Lipinski definition) is 5. The lowest BCUT2D eigenvalue weighted by Crippen LogP contribution is -2.12. The van der Waals surface area contributed by atoms with Gasteiger partial charge in [0.15, 0.2) is 0 Å². The molecule has 7 heteroatoms. The number of benzene rings is 1. The van der Waals surface area contributed by atoms with E-state index in [1.165, 1.54) is 11.3 Å². The highest BCUT2D eigenvalue weighted by Crippen LogP contribution is 2.31. The van der Waals surface area contributed by atoms with E-state index >= 15 is 0 Å².